The minimum atomic E-state index is -0.532. The van der Waals surface area contributed by atoms with Gasteiger partial charge >= 0.3 is 11.9 Å². The summed E-state index contributed by atoms with van der Waals surface area (Å²) in [7, 11) is 0. The van der Waals surface area contributed by atoms with Crippen LogP contribution in [-0.4, -0.2) is 37.9 Å². The van der Waals surface area contributed by atoms with E-state index in [0.717, 1.165) is 44.9 Å². The lowest BCUT2D eigenvalue weighted by Crippen LogP contribution is -2.30. The number of allylic oxidation sites excluding steroid dienone is 4. The van der Waals surface area contributed by atoms with Crippen molar-refractivity contribution >= 4 is 11.9 Å². The van der Waals surface area contributed by atoms with E-state index in [1.165, 1.54) is 199 Å². The Morgan fingerprint density at radius 2 is 0.724 bits per heavy atom. The van der Waals surface area contributed by atoms with Crippen LogP contribution in [0.4, 0.5) is 0 Å². The van der Waals surface area contributed by atoms with Gasteiger partial charge in [-0.3, -0.25) is 9.59 Å². The second-order valence-electron chi connectivity index (χ2n) is 17.4. The molecule has 0 aliphatic carbocycles. The van der Waals surface area contributed by atoms with E-state index in [4.69, 9.17) is 14.2 Å². The summed E-state index contributed by atoms with van der Waals surface area (Å²) in [6, 6.07) is 0. The average molecular weight is 817 g/mol. The highest BCUT2D eigenvalue weighted by Gasteiger charge is 2.17. The van der Waals surface area contributed by atoms with Gasteiger partial charge < -0.3 is 14.2 Å². The zero-order valence-corrected chi connectivity index (χ0v) is 39.3. The molecule has 0 aromatic rings. The number of carbonyl (C=O) groups excluding carboxylic acids is 2. The van der Waals surface area contributed by atoms with Crippen LogP contribution in [0.2, 0.25) is 0 Å². The molecule has 0 heterocycles. The van der Waals surface area contributed by atoms with Crippen molar-refractivity contribution < 1.29 is 23.8 Å². The number of rotatable bonds is 48. The van der Waals surface area contributed by atoms with E-state index in [2.05, 4.69) is 45.1 Å². The van der Waals surface area contributed by atoms with Gasteiger partial charge in [-0.2, -0.15) is 0 Å². The molecule has 0 aliphatic rings. The summed E-state index contributed by atoms with van der Waals surface area (Å²) in [6.45, 7) is 7.81. The minimum absolute atomic E-state index is 0.0883. The SMILES string of the molecule is CCCCC/C=C\C/C=C\CCCCCCCCOCC(COC(=O)CCCCCCCCCCCCCCCCCCC)OC(=O)CCCCCCCCCCC. The first-order chi connectivity index (χ1) is 28.6. The molecule has 0 radical (unpaired) electrons. The van der Waals surface area contributed by atoms with Gasteiger partial charge in [-0.1, -0.05) is 238 Å². The van der Waals surface area contributed by atoms with E-state index in [1.807, 2.05) is 0 Å². The standard InChI is InChI=1S/C53H100O5/c1-4-7-10-13-16-19-21-23-25-27-28-30-32-35-37-40-43-46-52(54)57-50-51(58-53(55)47-44-41-38-34-18-15-12-9-6-3)49-56-48-45-42-39-36-33-31-29-26-24-22-20-17-14-11-8-5-2/h17,20,24,26,51H,4-16,18-19,21-23,25,27-50H2,1-3H3/b20-17-,26-24-. The van der Waals surface area contributed by atoms with Gasteiger partial charge in [0.05, 0.1) is 6.61 Å². The summed E-state index contributed by atoms with van der Waals surface area (Å²) >= 11 is 0. The Balaban J connectivity index is 4.15. The van der Waals surface area contributed by atoms with Crippen molar-refractivity contribution in [3.05, 3.63) is 24.3 Å². The number of carbonyl (C=O) groups is 2. The summed E-state index contributed by atoms with van der Waals surface area (Å²) in [5.74, 6) is -0.388. The van der Waals surface area contributed by atoms with E-state index in [0.29, 0.717) is 19.4 Å². The predicted molar refractivity (Wildman–Crippen MR) is 252 cm³/mol. The lowest BCUT2D eigenvalue weighted by molar-refractivity contribution is -0.163. The van der Waals surface area contributed by atoms with E-state index >= 15 is 0 Å². The third kappa shape index (κ3) is 47.1. The highest BCUT2D eigenvalue weighted by Crippen LogP contribution is 2.16. The van der Waals surface area contributed by atoms with Crippen molar-refractivity contribution in [1.82, 2.24) is 0 Å². The molecule has 0 spiro atoms. The Labute approximate surface area is 362 Å². The first-order valence-electron chi connectivity index (χ1n) is 25.9. The molecular weight excluding hydrogens is 717 g/mol. The molecule has 0 aromatic heterocycles. The number of unbranched alkanes of at least 4 members (excludes halogenated alkanes) is 33. The third-order valence-corrected chi connectivity index (χ3v) is 11.5. The van der Waals surface area contributed by atoms with Crippen LogP contribution in [0.25, 0.3) is 0 Å². The molecule has 0 saturated heterocycles. The summed E-state index contributed by atoms with van der Waals surface area (Å²) in [4.78, 5) is 25.3. The molecule has 5 nitrogen and oxygen atoms in total. The lowest BCUT2D eigenvalue weighted by atomic mass is 10.0. The van der Waals surface area contributed by atoms with Crippen LogP contribution in [-0.2, 0) is 23.8 Å². The Hall–Kier alpha value is -1.62. The topological polar surface area (TPSA) is 61.8 Å². The van der Waals surface area contributed by atoms with Gasteiger partial charge in [0.1, 0.15) is 6.61 Å². The number of esters is 2. The van der Waals surface area contributed by atoms with Crippen LogP contribution in [0, 0.1) is 0 Å². The fourth-order valence-corrected chi connectivity index (χ4v) is 7.60. The van der Waals surface area contributed by atoms with Crippen LogP contribution in [0.5, 0.6) is 0 Å². The van der Waals surface area contributed by atoms with Crippen LogP contribution in [0.15, 0.2) is 24.3 Å². The molecular formula is C53H100O5. The van der Waals surface area contributed by atoms with E-state index < -0.39 is 6.10 Å². The Morgan fingerprint density at radius 1 is 0.379 bits per heavy atom. The summed E-state index contributed by atoms with van der Waals surface area (Å²) in [5.41, 5.74) is 0. The summed E-state index contributed by atoms with van der Waals surface area (Å²) in [5, 5.41) is 0. The molecule has 1 atom stereocenters. The Morgan fingerprint density at radius 3 is 1.17 bits per heavy atom. The van der Waals surface area contributed by atoms with E-state index in [1.54, 1.807) is 0 Å². The predicted octanol–water partition coefficient (Wildman–Crippen LogP) is 17.2. The number of hydrogen-bond donors (Lipinski definition) is 0. The van der Waals surface area contributed by atoms with Crippen molar-refractivity contribution in [1.29, 1.82) is 0 Å². The highest BCUT2D eigenvalue weighted by atomic mass is 16.6. The van der Waals surface area contributed by atoms with Crippen molar-refractivity contribution in [2.75, 3.05) is 19.8 Å². The fourth-order valence-electron chi connectivity index (χ4n) is 7.60. The Kier molecular flexibility index (Phi) is 48.4. The van der Waals surface area contributed by atoms with Gasteiger partial charge in [0, 0.05) is 19.4 Å². The van der Waals surface area contributed by atoms with Crippen molar-refractivity contribution in [3.8, 4) is 0 Å². The molecule has 0 aromatic carbocycles. The van der Waals surface area contributed by atoms with Crippen LogP contribution >= 0.6 is 0 Å². The first-order valence-corrected chi connectivity index (χ1v) is 25.9. The quantitative estimate of drug-likeness (QED) is 0.0348. The minimum Gasteiger partial charge on any atom is -0.462 e. The van der Waals surface area contributed by atoms with E-state index in [9.17, 15) is 9.59 Å². The normalized spacial score (nSPS) is 12.3. The molecule has 1 unspecified atom stereocenters. The van der Waals surface area contributed by atoms with Crippen molar-refractivity contribution in [2.45, 2.75) is 284 Å². The van der Waals surface area contributed by atoms with Gasteiger partial charge in [0.15, 0.2) is 6.10 Å². The molecule has 0 aliphatic heterocycles. The maximum absolute atomic E-state index is 12.7. The monoisotopic (exact) mass is 817 g/mol. The highest BCUT2D eigenvalue weighted by molar-refractivity contribution is 5.70. The second-order valence-corrected chi connectivity index (χ2v) is 17.4. The number of ether oxygens (including phenoxy) is 3. The summed E-state index contributed by atoms with van der Waals surface area (Å²) in [6.07, 6.45) is 57.6. The van der Waals surface area contributed by atoms with Gasteiger partial charge in [0.2, 0.25) is 0 Å². The van der Waals surface area contributed by atoms with Gasteiger partial charge in [-0.25, -0.2) is 0 Å². The zero-order chi connectivity index (χ0) is 42.1. The Bertz CT molecular complexity index is 882. The van der Waals surface area contributed by atoms with Crippen LogP contribution in [0.1, 0.15) is 278 Å². The van der Waals surface area contributed by atoms with Crippen molar-refractivity contribution in [2.24, 2.45) is 0 Å². The molecule has 0 saturated carbocycles. The lowest BCUT2D eigenvalue weighted by Gasteiger charge is -2.18. The molecule has 342 valence electrons. The van der Waals surface area contributed by atoms with E-state index in [-0.39, 0.29) is 25.2 Å². The number of hydrogen-bond acceptors (Lipinski definition) is 5. The summed E-state index contributed by atoms with van der Waals surface area (Å²) < 4.78 is 17.4. The smallest absolute Gasteiger partial charge is 0.306 e. The largest absolute Gasteiger partial charge is 0.462 e. The molecule has 0 amide bonds. The average Bonchev–Trinajstić information content (AvgIpc) is 3.22. The molecule has 0 bridgehead atoms. The molecule has 0 N–H and O–H groups in total. The molecule has 0 fully saturated rings. The zero-order valence-electron chi connectivity index (χ0n) is 39.3. The molecule has 58 heavy (non-hydrogen) atoms. The van der Waals surface area contributed by atoms with Gasteiger partial charge in [-0.05, 0) is 51.4 Å². The van der Waals surface area contributed by atoms with Crippen LogP contribution < -0.4 is 0 Å². The molecule has 5 heteroatoms. The second kappa shape index (κ2) is 49.7. The van der Waals surface area contributed by atoms with Gasteiger partial charge in [-0.15, -0.1) is 0 Å². The first kappa shape index (κ1) is 56.4. The van der Waals surface area contributed by atoms with Crippen molar-refractivity contribution in [3.63, 3.8) is 0 Å². The fraction of sp³-hybridized carbons (Fsp3) is 0.887. The molecule has 0 rings (SSSR count). The third-order valence-electron chi connectivity index (χ3n) is 11.5. The van der Waals surface area contributed by atoms with Gasteiger partial charge in [0.25, 0.3) is 0 Å². The van der Waals surface area contributed by atoms with Crippen LogP contribution in [0.3, 0.4) is 0 Å². The maximum Gasteiger partial charge on any atom is 0.306 e. The maximum atomic E-state index is 12.7.